The summed E-state index contributed by atoms with van der Waals surface area (Å²) in [6, 6.07) is 5.76. The topological polar surface area (TPSA) is 102 Å². The largest absolute Gasteiger partial charge is 0.489 e. The van der Waals surface area contributed by atoms with Gasteiger partial charge in [-0.1, -0.05) is 30.0 Å². The Balaban J connectivity index is 1.43. The molecule has 4 rings (SSSR count). The third-order valence-corrected chi connectivity index (χ3v) is 6.81. The lowest BCUT2D eigenvalue weighted by Crippen LogP contribution is -2.29. The van der Waals surface area contributed by atoms with Crippen molar-refractivity contribution in [2.45, 2.75) is 30.5 Å². The molecule has 12 heteroatoms. The van der Waals surface area contributed by atoms with Crippen LogP contribution in [0.3, 0.4) is 0 Å². The van der Waals surface area contributed by atoms with Crippen molar-refractivity contribution in [2.75, 3.05) is 30.8 Å². The van der Waals surface area contributed by atoms with Crippen LogP contribution < -0.4 is 10.1 Å². The Morgan fingerprint density at radius 2 is 1.97 bits per heavy atom. The number of likely N-dealkylation sites (tertiary alicyclic amines) is 1. The number of rotatable bonds is 9. The smallest absolute Gasteiger partial charge is 0.281 e. The molecule has 1 N–H and O–H groups in total. The number of hydrogen-bond donors (Lipinski definition) is 1. The first kappa shape index (κ1) is 23.2. The van der Waals surface area contributed by atoms with E-state index >= 15 is 0 Å². The van der Waals surface area contributed by atoms with E-state index in [9.17, 15) is 14.0 Å². The maximum absolute atomic E-state index is 13.3. The van der Waals surface area contributed by atoms with Gasteiger partial charge in [0.25, 0.3) is 5.91 Å². The van der Waals surface area contributed by atoms with Crippen LogP contribution in [0.15, 0.2) is 34.8 Å². The molecule has 1 fully saturated rings. The Labute approximate surface area is 198 Å². The highest BCUT2D eigenvalue weighted by Gasteiger charge is 2.22. The summed E-state index contributed by atoms with van der Waals surface area (Å²) in [6.45, 7) is 3.99. The Morgan fingerprint density at radius 3 is 2.70 bits per heavy atom. The number of amides is 2. The summed E-state index contributed by atoms with van der Waals surface area (Å²) in [6.07, 6.45) is 4.44. The first-order valence-corrected chi connectivity index (χ1v) is 12.4. The van der Waals surface area contributed by atoms with Gasteiger partial charge in [-0.15, -0.1) is 10.2 Å². The van der Waals surface area contributed by atoms with Gasteiger partial charge in [0.1, 0.15) is 5.82 Å². The summed E-state index contributed by atoms with van der Waals surface area (Å²) in [5.74, 6) is -0.169. The van der Waals surface area contributed by atoms with Crippen LogP contribution in [-0.4, -0.2) is 62.1 Å². The van der Waals surface area contributed by atoms with Gasteiger partial charge in [0.15, 0.2) is 15.8 Å². The van der Waals surface area contributed by atoms with Crippen molar-refractivity contribution < 1.29 is 18.7 Å². The molecule has 3 aromatic rings. The molecule has 0 spiro atoms. The molecule has 33 heavy (non-hydrogen) atoms. The van der Waals surface area contributed by atoms with Crippen LogP contribution in [0.25, 0.3) is 5.69 Å². The Kier molecular flexibility index (Phi) is 7.55. The molecule has 1 aliphatic heterocycles. The second-order valence-electron chi connectivity index (χ2n) is 7.32. The molecule has 0 saturated carbocycles. The molecule has 2 aromatic heterocycles. The number of nitrogens with one attached hydrogen (secondary N) is 1. The Bertz CT molecular complexity index is 1110. The van der Waals surface area contributed by atoms with Gasteiger partial charge in [0.2, 0.25) is 11.0 Å². The second kappa shape index (κ2) is 10.8. The van der Waals surface area contributed by atoms with Crippen LogP contribution in [0.5, 0.6) is 5.75 Å². The molecular formula is C21H23FN6O3S2. The van der Waals surface area contributed by atoms with E-state index in [4.69, 9.17) is 4.74 Å². The first-order valence-electron chi connectivity index (χ1n) is 10.6. The third-order valence-electron chi connectivity index (χ3n) is 4.85. The van der Waals surface area contributed by atoms with Gasteiger partial charge >= 0.3 is 0 Å². The molecule has 0 bridgehead atoms. The molecular weight excluding hydrogens is 467 g/mol. The fourth-order valence-corrected chi connectivity index (χ4v) is 4.87. The van der Waals surface area contributed by atoms with Gasteiger partial charge in [-0.2, -0.15) is 5.10 Å². The van der Waals surface area contributed by atoms with Crippen LogP contribution in [0.4, 0.5) is 9.52 Å². The zero-order valence-electron chi connectivity index (χ0n) is 18.0. The molecule has 174 valence electrons. The molecule has 0 unspecified atom stereocenters. The van der Waals surface area contributed by atoms with E-state index in [0.29, 0.717) is 33.3 Å². The number of hydrogen-bond acceptors (Lipinski definition) is 8. The van der Waals surface area contributed by atoms with Gasteiger partial charge in [-0.3, -0.25) is 14.9 Å². The van der Waals surface area contributed by atoms with Crippen LogP contribution >= 0.6 is 23.1 Å². The Hall–Kier alpha value is -2.99. The lowest BCUT2D eigenvalue weighted by Gasteiger charge is -2.13. The molecule has 0 radical (unpaired) electrons. The summed E-state index contributed by atoms with van der Waals surface area (Å²) in [5, 5.41) is 15.4. The molecule has 1 saturated heterocycles. The second-order valence-corrected chi connectivity index (χ2v) is 9.52. The lowest BCUT2D eigenvalue weighted by molar-refractivity contribution is -0.127. The molecule has 1 aliphatic rings. The van der Waals surface area contributed by atoms with Gasteiger partial charge in [0, 0.05) is 13.1 Å². The summed E-state index contributed by atoms with van der Waals surface area (Å²) in [7, 11) is 0. The molecule has 1 aromatic carbocycles. The van der Waals surface area contributed by atoms with Crippen molar-refractivity contribution in [3.63, 3.8) is 0 Å². The summed E-state index contributed by atoms with van der Waals surface area (Å²) in [5.41, 5.74) is 0.676. The van der Waals surface area contributed by atoms with E-state index in [1.807, 2.05) is 11.8 Å². The van der Waals surface area contributed by atoms with Crippen molar-refractivity contribution in [3.8, 4) is 11.4 Å². The zero-order valence-corrected chi connectivity index (χ0v) is 19.6. The number of ether oxygens (including phenoxy) is 1. The fourth-order valence-electron chi connectivity index (χ4n) is 3.22. The standard InChI is InChI=1S/C21H23FN6O3S2/c1-2-11-31-16-12-28(15-7-5-14(22)6-8-15)26-18(16)19(30)23-20-24-25-21(33-20)32-13-17(29)27-9-3-4-10-27/h5-8,12H,2-4,9-11,13H2,1H3,(H,23,24,30). The van der Waals surface area contributed by atoms with E-state index < -0.39 is 5.91 Å². The third kappa shape index (κ3) is 5.88. The summed E-state index contributed by atoms with van der Waals surface area (Å²) in [4.78, 5) is 26.9. The molecule has 2 amide bonds. The average Bonchev–Trinajstić information content (AvgIpc) is 3.57. The maximum atomic E-state index is 13.3. The zero-order chi connectivity index (χ0) is 23.2. The van der Waals surface area contributed by atoms with Crippen LogP contribution in [-0.2, 0) is 4.79 Å². The molecule has 0 atom stereocenters. The highest BCUT2D eigenvalue weighted by Crippen LogP contribution is 2.27. The number of anilines is 1. The van der Waals surface area contributed by atoms with Crippen molar-refractivity contribution in [3.05, 3.63) is 42.0 Å². The van der Waals surface area contributed by atoms with E-state index in [-0.39, 0.29) is 17.4 Å². The quantitative estimate of drug-likeness (QED) is 0.361. The number of benzene rings is 1. The number of halogens is 1. The van der Waals surface area contributed by atoms with E-state index in [2.05, 4.69) is 20.6 Å². The van der Waals surface area contributed by atoms with Crippen molar-refractivity contribution >= 4 is 40.0 Å². The van der Waals surface area contributed by atoms with E-state index in [1.54, 1.807) is 18.3 Å². The predicted octanol–water partition coefficient (Wildman–Crippen LogP) is 3.62. The number of aromatic nitrogens is 4. The minimum atomic E-state index is -0.497. The summed E-state index contributed by atoms with van der Waals surface area (Å²) < 4.78 is 21.0. The number of thioether (sulfide) groups is 1. The van der Waals surface area contributed by atoms with Crippen molar-refractivity contribution in [2.24, 2.45) is 0 Å². The van der Waals surface area contributed by atoms with E-state index in [1.165, 1.54) is 39.9 Å². The first-order chi connectivity index (χ1) is 16.0. The lowest BCUT2D eigenvalue weighted by atomic mass is 10.3. The number of carbonyl (C=O) groups excluding carboxylic acids is 2. The fraction of sp³-hybridized carbons (Fsp3) is 0.381. The van der Waals surface area contributed by atoms with Crippen molar-refractivity contribution in [1.82, 2.24) is 24.9 Å². The maximum Gasteiger partial charge on any atom is 0.281 e. The highest BCUT2D eigenvalue weighted by atomic mass is 32.2. The predicted molar refractivity (Wildman–Crippen MR) is 124 cm³/mol. The normalized spacial score (nSPS) is 13.3. The monoisotopic (exact) mass is 490 g/mol. The van der Waals surface area contributed by atoms with Gasteiger partial charge in [-0.25, -0.2) is 9.07 Å². The van der Waals surface area contributed by atoms with Gasteiger partial charge in [-0.05, 0) is 43.5 Å². The van der Waals surface area contributed by atoms with Crippen LogP contribution in [0.1, 0.15) is 36.7 Å². The minimum Gasteiger partial charge on any atom is -0.489 e. The van der Waals surface area contributed by atoms with Gasteiger partial charge < -0.3 is 9.64 Å². The molecule has 0 aliphatic carbocycles. The van der Waals surface area contributed by atoms with Crippen LogP contribution in [0, 0.1) is 5.82 Å². The highest BCUT2D eigenvalue weighted by molar-refractivity contribution is 8.01. The van der Waals surface area contributed by atoms with E-state index in [0.717, 1.165) is 32.4 Å². The molecule has 3 heterocycles. The minimum absolute atomic E-state index is 0.0846. The average molecular weight is 491 g/mol. The number of nitrogens with zero attached hydrogens (tertiary/aromatic N) is 5. The van der Waals surface area contributed by atoms with Crippen molar-refractivity contribution in [1.29, 1.82) is 0 Å². The van der Waals surface area contributed by atoms with Crippen LogP contribution in [0.2, 0.25) is 0 Å². The Morgan fingerprint density at radius 1 is 1.21 bits per heavy atom. The molecule has 9 nitrogen and oxygen atoms in total. The summed E-state index contributed by atoms with van der Waals surface area (Å²) >= 11 is 2.49. The number of carbonyl (C=O) groups is 2. The van der Waals surface area contributed by atoms with Gasteiger partial charge in [0.05, 0.1) is 24.2 Å². The SMILES string of the molecule is CCCOc1cn(-c2ccc(F)cc2)nc1C(=O)Nc1nnc(SCC(=O)N2CCCC2)s1.